The van der Waals surface area contributed by atoms with Crippen LogP contribution in [0.1, 0.15) is 34.6 Å². The summed E-state index contributed by atoms with van der Waals surface area (Å²) in [6.45, 7) is 4.01. The van der Waals surface area contributed by atoms with Crippen LogP contribution in [0.4, 0.5) is 5.69 Å². The fourth-order valence-corrected chi connectivity index (χ4v) is 1.74. The summed E-state index contributed by atoms with van der Waals surface area (Å²) >= 11 is 0. The van der Waals surface area contributed by atoms with Crippen molar-refractivity contribution in [2.75, 3.05) is 11.9 Å². The van der Waals surface area contributed by atoms with Crippen molar-refractivity contribution in [3.8, 4) is 0 Å². The van der Waals surface area contributed by atoms with Crippen molar-refractivity contribution in [3.63, 3.8) is 0 Å². The number of aliphatic carboxylic acids is 1. The van der Waals surface area contributed by atoms with E-state index in [-0.39, 0.29) is 6.42 Å². The van der Waals surface area contributed by atoms with Crippen molar-refractivity contribution < 1.29 is 14.7 Å². The number of rotatable bonds is 6. The van der Waals surface area contributed by atoms with E-state index in [0.717, 1.165) is 5.69 Å². The van der Waals surface area contributed by atoms with Gasteiger partial charge in [-0.05, 0) is 26.3 Å². The van der Waals surface area contributed by atoms with Crippen LogP contribution in [-0.4, -0.2) is 28.5 Å². The zero-order chi connectivity index (χ0) is 13.7. The molecule has 0 spiro atoms. The van der Waals surface area contributed by atoms with Crippen molar-refractivity contribution in [1.82, 2.24) is 4.98 Å². The quantitative estimate of drug-likeness (QED) is 0.656. The van der Waals surface area contributed by atoms with Crippen molar-refractivity contribution in [2.45, 2.75) is 26.7 Å². The maximum absolute atomic E-state index is 11.3. The van der Waals surface area contributed by atoms with Gasteiger partial charge in [-0.15, -0.1) is 0 Å². The van der Waals surface area contributed by atoms with Crippen molar-refractivity contribution in [3.05, 3.63) is 23.0 Å². The molecule has 0 aromatic carbocycles. The number of carbonyl (C=O) groups is 2. The van der Waals surface area contributed by atoms with Crippen LogP contribution in [0.25, 0.3) is 0 Å². The van der Waals surface area contributed by atoms with Gasteiger partial charge in [0.2, 0.25) is 0 Å². The second-order valence-corrected chi connectivity index (χ2v) is 4.06. The van der Waals surface area contributed by atoms with Gasteiger partial charge in [-0.2, -0.15) is 0 Å². The monoisotopic (exact) mass is 251 g/mol. The molecule has 98 valence electrons. The van der Waals surface area contributed by atoms with Crippen molar-refractivity contribution in [1.29, 1.82) is 0 Å². The third-order valence-electron chi connectivity index (χ3n) is 2.46. The number of aromatic nitrogens is 1. The van der Waals surface area contributed by atoms with E-state index in [9.17, 15) is 9.59 Å². The maximum Gasteiger partial charge on any atom is 0.303 e. The maximum atomic E-state index is 11.3. The van der Waals surface area contributed by atoms with Crippen LogP contribution in [0.15, 0.2) is 6.07 Å². The first-order chi connectivity index (χ1) is 8.41. The highest BCUT2D eigenvalue weighted by Crippen LogP contribution is 2.19. The van der Waals surface area contributed by atoms with Gasteiger partial charge in [0.05, 0.1) is 16.9 Å². The summed E-state index contributed by atoms with van der Waals surface area (Å²) in [5.74, 6) is -1.38. The van der Waals surface area contributed by atoms with Crippen LogP contribution >= 0.6 is 0 Å². The Kier molecular flexibility index (Phi) is 4.65. The van der Waals surface area contributed by atoms with Crippen LogP contribution in [0.5, 0.6) is 0 Å². The molecule has 0 saturated carbocycles. The number of carbonyl (C=O) groups excluding carboxylic acids is 1. The molecule has 6 heteroatoms. The molecular formula is C12H17N3O3. The minimum atomic E-state index is -0.839. The van der Waals surface area contributed by atoms with Gasteiger partial charge in [-0.1, -0.05) is 0 Å². The number of nitrogens with two attached hydrogens (primary N) is 1. The highest BCUT2D eigenvalue weighted by Gasteiger charge is 2.13. The summed E-state index contributed by atoms with van der Waals surface area (Å²) < 4.78 is 0. The Balaban J connectivity index is 2.80. The van der Waals surface area contributed by atoms with Gasteiger partial charge in [-0.3, -0.25) is 14.6 Å². The van der Waals surface area contributed by atoms with Gasteiger partial charge in [0.15, 0.2) is 0 Å². The third-order valence-corrected chi connectivity index (χ3v) is 2.46. The van der Waals surface area contributed by atoms with Gasteiger partial charge in [0.25, 0.3) is 5.91 Å². The molecule has 1 amide bonds. The predicted octanol–water partition coefficient (Wildman–Crippen LogP) is 1.07. The fraction of sp³-hybridized carbons (Fsp3) is 0.417. The lowest BCUT2D eigenvalue weighted by molar-refractivity contribution is -0.137. The van der Waals surface area contributed by atoms with E-state index in [4.69, 9.17) is 10.8 Å². The molecule has 0 radical (unpaired) electrons. The molecule has 1 rings (SSSR count). The van der Waals surface area contributed by atoms with E-state index >= 15 is 0 Å². The molecule has 18 heavy (non-hydrogen) atoms. The Hall–Kier alpha value is -2.11. The van der Waals surface area contributed by atoms with Crippen LogP contribution in [0.3, 0.4) is 0 Å². The Morgan fingerprint density at radius 3 is 2.67 bits per heavy atom. The summed E-state index contributed by atoms with van der Waals surface area (Å²) in [5, 5.41) is 11.6. The minimum absolute atomic E-state index is 0.0853. The van der Waals surface area contributed by atoms with Crippen molar-refractivity contribution in [2.24, 2.45) is 5.73 Å². The number of pyridine rings is 1. The molecule has 0 atom stereocenters. The van der Waals surface area contributed by atoms with E-state index < -0.39 is 11.9 Å². The number of aryl methyl sites for hydroxylation is 2. The Morgan fingerprint density at radius 1 is 1.44 bits per heavy atom. The first-order valence-electron chi connectivity index (χ1n) is 5.65. The van der Waals surface area contributed by atoms with E-state index in [1.54, 1.807) is 13.0 Å². The van der Waals surface area contributed by atoms with Gasteiger partial charge in [0, 0.05) is 18.7 Å². The molecule has 0 unspecified atom stereocenters. The van der Waals surface area contributed by atoms with Gasteiger partial charge < -0.3 is 16.2 Å². The average molecular weight is 251 g/mol. The number of carboxylic acids is 1. The zero-order valence-electron chi connectivity index (χ0n) is 10.5. The zero-order valence-corrected chi connectivity index (χ0v) is 10.5. The summed E-state index contributed by atoms with van der Waals surface area (Å²) in [4.78, 5) is 25.9. The molecule has 0 aliphatic heterocycles. The number of nitrogens with zero attached hydrogens (tertiary/aromatic N) is 1. The Bertz CT molecular complexity index is 472. The second kappa shape index (κ2) is 6.00. The lowest BCUT2D eigenvalue weighted by atomic mass is 10.1. The normalized spacial score (nSPS) is 10.1. The molecule has 0 aliphatic carbocycles. The van der Waals surface area contributed by atoms with Crippen LogP contribution in [-0.2, 0) is 4.79 Å². The van der Waals surface area contributed by atoms with E-state index in [1.165, 1.54) is 0 Å². The van der Waals surface area contributed by atoms with E-state index in [2.05, 4.69) is 10.3 Å². The van der Waals surface area contributed by atoms with E-state index in [1.807, 2.05) is 6.92 Å². The van der Waals surface area contributed by atoms with Gasteiger partial charge in [-0.25, -0.2) is 0 Å². The fourth-order valence-electron chi connectivity index (χ4n) is 1.74. The number of primary amides is 1. The Labute approximate surface area is 105 Å². The minimum Gasteiger partial charge on any atom is -0.481 e. The molecule has 6 nitrogen and oxygen atoms in total. The van der Waals surface area contributed by atoms with Gasteiger partial charge in [0.1, 0.15) is 0 Å². The summed E-state index contributed by atoms with van der Waals surface area (Å²) in [5.41, 5.74) is 7.62. The molecular weight excluding hydrogens is 234 g/mol. The summed E-state index contributed by atoms with van der Waals surface area (Å²) in [6, 6.07) is 1.73. The summed E-state index contributed by atoms with van der Waals surface area (Å²) in [7, 11) is 0. The molecule has 1 aromatic rings. The molecule has 1 heterocycles. The molecule has 0 fully saturated rings. The number of nitrogens with one attached hydrogen (secondary N) is 1. The molecule has 4 N–H and O–H groups in total. The topological polar surface area (TPSA) is 105 Å². The van der Waals surface area contributed by atoms with Crippen LogP contribution < -0.4 is 11.1 Å². The first kappa shape index (κ1) is 14.0. The predicted molar refractivity (Wildman–Crippen MR) is 67.6 cm³/mol. The van der Waals surface area contributed by atoms with Crippen LogP contribution in [0, 0.1) is 13.8 Å². The Morgan fingerprint density at radius 2 is 2.11 bits per heavy atom. The van der Waals surface area contributed by atoms with E-state index in [0.29, 0.717) is 29.9 Å². The average Bonchev–Trinajstić information content (AvgIpc) is 2.22. The third kappa shape index (κ3) is 3.73. The summed E-state index contributed by atoms with van der Waals surface area (Å²) in [6.07, 6.45) is 0.565. The number of hydrogen-bond acceptors (Lipinski definition) is 4. The standard InChI is InChI=1S/C12H17N3O3/c1-7-6-9(14-5-3-4-10(16)17)11(12(13)18)8(2)15-7/h6H,3-5H2,1-2H3,(H2,13,18)(H,14,15)(H,16,17). The number of anilines is 1. The van der Waals surface area contributed by atoms with Crippen molar-refractivity contribution >= 4 is 17.6 Å². The number of hydrogen-bond donors (Lipinski definition) is 3. The van der Waals surface area contributed by atoms with Gasteiger partial charge >= 0.3 is 5.97 Å². The molecule has 0 saturated heterocycles. The number of carboxylic acid groups (broad SMARTS) is 1. The second-order valence-electron chi connectivity index (χ2n) is 4.06. The smallest absolute Gasteiger partial charge is 0.303 e. The highest BCUT2D eigenvalue weighted by atomic mass is 16.4. The SMILES string of the molecule is Cc1cc(NCCCC(=O)O)c(C(N)=O)c(C)n1. The largest absolute Gasteiger partial charge is 0.481 e. The van der Waals surface area contributed by atoms with Crippen LogP contribution in [0.2, 0.25) is 0 Å². The highest BCUT2D eigenvalue weighted by molar-refractivity contribution is 5.99. The lowest BCUT2D eigenvalue weighted by Gasteiger charge is -2.12. The molecule has 1 aromatic heterocycles. The molecule has 0 aliphatic rings. The number of amides is 1. The lowest BCUT2D eigenvalue weighted by Crippen LogP contribution is -2.18. The molecule has 0 bridgehead atoms. The first-order valence-corrected chi connectivity index (χ1v) is 5.65.